The molecular weight excluding hydrogens is 286 g/mol. The fourth-order valence-corrected chi connectivity index (χ4v) is 2.73. The minimum absolute atomic E-state index is 0.0537. The number of benzene rings is 1. The fraction of sp³-hybridized carbons (Fsp3) is 0.400. The first-order valence-corrected chi connectivity index (χ1v) is 7.08. The van der Waals surface area contributed by atoms with Gasteiger partial charge in [0, 0.05) is 38.1 Å². The third-order valence-electron chi connectivity index (χ3n) is 3.77. The van der Waals surface area contributed by atoms with Crippen LogP contribution in [0.25, 0.3) is 5.69 Å². The van der Waals surface area contributed by atoms with Gasteiger partial charge in [0.25, 0.3) is 5.69 Å². The van der Waals surface area contributed by atoms with Crippen LogP contribution >= 0.6 is 0 Å². The van der Waals surface area contributed by atoms with Crippen molar-refractivity contribution >= 4 is 5.69 Å². The van der Waals surface area contributed by atoms with E-state index >= 15 is 0 Å². The lowest BCUT2D eigenvalue weighted by atomic mass is 10.1. The van der Waals surface area contributed by atoms with Crippen LogP contribution in [-0.2, 0) is 16.1 Å². The lowest BCUT2D eigenvalue weighted by molar-refractivity contribution is -0.384. The van der Waals surface area contributed by atoms with E-state index < -0.39 is 0 Å². The van der Waals surface area contributed by atoms with E-state index in [0.29, 0.717) is 25.5 Å². The number of aromatic nitrogens is 2. The molecule has 3 rings (SSSR count). The molecule has 1 fully saturated rings. The monoisotopic (exact) mass is 303 g/mol. The molecule has 0 spiro atoms. The van der Waals surface area contributed by atoms with Crippen LogP contribution < -0.4 is 0 Å². The number of nitro benzene ring substituents is 1. The molecule has 1 aliphatic heterocycles. The first-order valence-electron chi connectivity index (χ1n) is 7.08. The Labute approximate surface area is 127 Å². The predicted octanol–water partition coefficient (Wildman–Crippen LogP) is 2.43. The number of methoxy groups -OCH3 is 1. The van der Waals surface area contributed by atoms with Gasteiger partial charge in [0.1, 0.15) is 11.5 Å². The van der Waals surface area contributed by atoms with Crippen molar-refractivity contribution in [2.75, 3.05) is 20.3 Å². The predicted molar refractivity (Wildman–Crippen MR) is 79.1 cm³/mol. The van der Waals surface area contributed by atoms with E-state index in [4.69, 9.17) is 9.47 Å². The molecular formula is C15H17N3O4. The van der Waals surface area contributed by atoms with Gasteiger partial charge in [-0.15, -0.1) is 0 Å². The van der Waals surface area contributed by atoms with E-state index in [1.165, 1.54) is 6.07 Å². The van der Waals surface area contributed by atoms with Crippen LogP contribution in [-0.4, -0.2) is 34.8 Å². The zero-order valence-electron chi connectivity index (χ0n) is 12.3. The first kappa shape index (κ1) is 14.7. The van der Waals surface area contributed by atoms with Gasteiger partial charge in [-0.05, 0) is 24.1 Å². The van der Waals surface area contributed by atoms with Crippen LogP contribution in [0.15, 0.2) is 30.6 Å². The molecule has 7 nitrogen and oxygen atoms in total. The molecule has 0 radical (unpaired) electrons. The largest absolute Gasteiger partial charge is 0.381 e. The minimum atomic E-state index is -0.374. The van der Waals surface area contributed by atoms with Gasteiger partial charge in [0.05, 0.1) is 18.1 Å². The molecule has 1 saturated heterocycles. The van der Waals surface area contributed by atoms with Crippen molar-refractivity contribution in [2.24, 2.45) is 0 Å². The van der Waals surface area contributed by atoms with Crippen LogP contribution in [0.4, 0.5) is 5.69 Å². The zero-order valence-corrected chi connectivity index (χ0v) is 12.3. The first-order chi connectivity index (χ1) is 10.7. The Kier molecular flexibility index (Phi) is 4.17. The smallest absolute Gasteiger partial charge is 0.293 e. The van der Waals surface area contributed by atoms with Gasteiger partial charge in [-0.25, -0.2) is 4.98 Å². The van der Waals surface area contributed by atoms with E-state index in [1.54, 1.807) is 36.2 Å². The molecule has 22 heavy (non-hydrogen) atoms. The molecule has 1 unspecified atom stereocenters. The summed E-state index contributed by atoms with van der Waals surface area (Å²) in [6.07, 6.45) is 4.30. The minimum Gasteiger partial charge on any atom is -0.381 e. The van der Waals surface area contributed by atoms with Crippen molar-refractivity contribution in [3.63, 3.8) is 0 Å². The third-order valence-corrected chi connectivity index (χ3v) is 3.77. The summed E-state index contributed by atoms with van der Waals surface area (Å²) in [4.78, 5) is 15.3. The van der Waals surface area contributed by atoms with Gasteiger partial charge in [-0.3, -0.25) is 14.7 Å². The van der Waals surface area contributed by atoms with Gasteiger partial charge in [-0.1, -0.05) is 0 Å². The van der Waals surface area contributed by atoms with E-state index in [-0.39, 0.29) is 16.5 Å². The summed E-state index contributed by atoms with van der Waals surface area (Å²) in [7, 11) is 1.60. The van der Waals surface area contributed by atoms with Crippen LogP contribution in [0, 0.1) is 10.1 Å². The molecule has 7 heteroatoms. The second-order valence-corrected chi connectivity index (χ2v) is 5.23. The molecule has 116 valence electrons. The highest BCUT2D eigenvalue weighted by molar-refractivity contribution is 5.55. The SMILES string of the molecule is COCc1ccc([N+](=O)[O-])c(-n2ccnc2C2CCOC2)c1. The fourth-order valence-electron chi connectivity index (χ4n) is 2.73. The second kappa shape index (κ2) is 6.25. The Bertz CT molecular complexity index is 677. The third kappa shape index (κ3) is 2.72. The lowest BCUT2D eigenvalue weighted by Crippen LogP contribution is -2.09. The van der Waals surface area contributed by atoms with Crippen LogP contribution in [0.5, 0.6) is 0 Å². The van der Waals surface area contributed by atoms with E-state index in [9.17, 15) is 10.1 Å². The molecule has 2 heterocycles. The molecule has 1 atom stereocenters. The highest BCUT2D eigenvalue weighted by atomic mass is 16.6. The maximum absolute atomic E-state index is 11.3. The highest BCUT2D eigenvalue weighted by Crippen LogP contribution is 2.30. The standard InChI is InChI=1S/C15H17N3O4/c1-21-9-11-2-3-13(18(19)20)14(8-11)17-6-5-16-15(17)12-4-7-22-10-12/h2-3,5-6,8,12H,4,7,9-10H2,1H3. The van der Waals surface area contributed by atoms with Gasteiger partial charge in [0.15, 0.2) is 0 Å². The van der Waals surface area contributed by atoms with Crippen LogP contribution in [0.3, 0.4) is 0 Å². The Morgan fingerprint density at radius 3 is 3.09 bits per heavy atom. The number of rotatable bonds is 5. The molecule has 0 amide bonds. The molecule has 1 aromatic heterocycles. The van der Waals surface area contributed by atoms with E-state index in [1.807, 2.05) is 0 Å². The quantitative estimate of drug-likeness (QED) is 0.626. The van der Waals surface area contributed by atoms with Crippen molar-refractivity contribution in [2.45, 2.75) is 18.9 Å². The summed E-state index contributed by atoms with van der Waals surface area (Å²) in [5, 5.41) is 11.3. The Morgan fingerprint density at radius 1 is 1.55 bits per heavy atom. The topological polar surface area (TPSA) is 79.4 Å². The molecule has 0 N–H and O–H groups in total. The zero-order chi connectivity index (χ0) is 15.5. The summed E-state index contributed by atoms with van der Waals surface area (Å²) in [6, 6.07) is 5.00. The number of imidazole rings is 1. The van der Waals surface area contributed by atoms with Gasteiger partial charge in [-0.2, -0.15) is 0 Å². The highest BCUT2D eigenvalue weighted by Gasteiger charge is 2.25. The molecule has 0 aliphatic carbocycles. The van der Waals surface area contributed by atoms with Gasteiger partial charge >= 0.3 is 0 Å². The summed E-state index contributed by atoms with van der Waals surface area (Å²) in [5.74, 6) is 0.968. The second-order valence-electron chi connectivity index (χ2n) is 5.23. The number of hydrogen-bond acceptors (Lipinski definition) is 5. The van der Waals surface area contributed by atoms with Crippen molar-refractivity contribution in [1.29, 1.82) is 0 Å². The molecule has 0 saturated carbocycles. The molecule has 0 bridgehead atoms. The Balaban J connectivity index is 2.08. The lowest BCUT2D eigenvalue weighted by Gasteiger charge is -2.13. The number of hydrogen-bond donors (Lipinski definition) is 0. The number of nitrogens with zero attached hydrogens (tertiary/aromatic N) is 3. The van der Waals surface area contributed by atoms with Crippen molar-refractivity contribution < 1.29 is 14.4 Å². The van der Waals surface area contributed by atoms with Crippen molar-refractivity contribution in [3.8, 4) is 5.69 Å². The summed E-state index contributed by atoms with van der Waals surface area (Å²) in [5.41, 5.74) is 1.45. The number of nitro groups is 1. The van der Waals surface area contributed by atoms with E-state index in [2.05, 4.69) is 4.98 Å². The van der Waals surface area contributed by atoms with Crippen LogP contribution in [0.2, 0.25) is 0 Å². The molecule has 2 aromatic rings. The normalized spacial score (nSPS) is 17.8. The van der Waals surface area contributed by atoms with Crippen LogP contribution in [0.1, 0.15) is 23.7 Å². The maximum Gasteiger partial charge on any atom is 0.293 e. The van der Waals surface area contributed by atoms with Gasteiger partial charge < -0.3 is 9.47 Å². The van der Waals surface area contributed by atoms with Gasteiger partial charge in [0.2, 0.25) is 0 Å². The Morgan fingerprint density at radius 2 is 2.41 bits per heavy atom. The number of ether oxygens (including phenoxy) is 2. The van der Waals surface area contributed by atoms with Crippen molar-refractivity contribution in [3.05, 3.63) is 52.1 Å². The van der Waals surface area contributed by atoms with E-state index in [0.717, 1.165) is 17.8 Å². The molecule has 1 aliphatic rings. The Hall–Kier alpha value is -2.25. The summed E-state index contributed by atoms with van der Waals surface area (Å²) < 4.78 is 12.3. The molecule has 1 aromatic carbocycles. The average molecular weight is 303 g/mol. The summed E-state index contributed by atoms with van der Waals surface area (Å²) >= 11 is 0. The average Bonchev–Trinajstić information content (AvgIpc) is 3.18. The maximum atomic E-state index is 11.3. The van der Waals surface area contributed by atoms with Crippen molar-refractivity contribution in [1.82, 2.24) is 9.55 Å². The summed E-state index contributed by atoms with van der Waals surface area (Å²) in [6.45, 7) is 1.70.